The third kappa shape index (κ3) is 4.96. The Morgan fingerprint density at radius 3 is 2.70 bits per heavy atom. The molecule has 1 aliphatic heterocycles. The number of carbonyl (C=O) groups is 1. The molecule has 2 aromatic carbocycles. The van der Waals surface area contributed by atoms with E-state index in [9.17, 15) is 13.6 Å². The van der Waals surface area contributed by atoms with Gasteiger partial charge in [0.05, 0.1) is 14.2 Å². The fourth-order valence-electron chi connectivity index (χ4n) is 5.53. The molecule has 3 atom stereocenters. The Labute approximate surface area is 197 Å². The van der Waals surface area contributed by atoms with Crippen LogP contribution < -0.4 is 14.8 Å². The summed E-state index contributed by atoms with van der Waals surface area (Å²) in [5.74, 6) is -0.879. The van der Waals surface area contributed by atoms with E-state index in [0.717, 1.165) is 38.1 Å². The van der Waals surface area contributed by atoms with Crippen LogP contribution >= 0.6 is 11.8 Å². The summed E-state index contributed by atoms with van der Waals surface area (Å²) in [6.07, 6.45) is 2.68. The van der Waals surface area contributed by atoms with Crippen LogP contribution in [0, 0.1) is 5.92 Å². The third-order valence-corrected chi connectivity index (χ3v) is 7.69. The normalized spacial score (nSPS) is 25.0. The van der Waals surface area contributed by atoms with Gasteiger partial charge in [-0.2, -0.15) is 8.78 Å². The van der Waals surface area contributed by atoms with Crippen LogP contribution in [0.5, 0.6) is 11.5 Å². The fourth-order valence-corrected chi connectivity index (χ4v) is 6.09. The lowest BCUT2D eigenvalue weighted by atomic mass is 9.63. The molecule has 2 fully saturated rings. The maximum atomic E-state index is 12.9. The predicted molar refractivity (Wildman–Crippen MR) is 126 cm³/mol. The van der Waals surface area contributed by atoms with Gasteiger partial charge in [-0.25, -0.2) is 0 Å². The van der Waals surface area contributed by atoms with Gasteiger partial charge in [0, 0.05) is 35.0 Å². The molecule has 2 aromatic rings. The zero-order valence-corrected chi connectivity index (χ0v) is 20.0. The zero-order chi connectivity index (χ0) is 23.6. The molecule has 1 saturated heterocycles. The first-order chi connectivity index (χ1) is 15.8. The van der Waals surface area contributed by atoms with E-state index in [4.69, 9.17) is 9.47 Å². The van der Waals surface area contributed by atoms with Gasteiger partial charge < -0.3 is 19.7 Å². The number of rotatable bonds is 7. The Morgan fingerprint density at radius 1 is 1.18 bits per heavy atom. The molecule has 3 unspecified atom stereocenters. The molecule has 0 bridgehead atoms. The summed E-state index contributed by atoms with van der Waals surface area (Å²) < 4.78 is 36.4. The van der Waals surface area contributed by atoms with Gasteiger partial charge in [0.15, 0.2) is 11.5 Å². The van der Waals surface area contributed by atoms with E-state index in [1.54, 1.807) is 32.4 Å². The Bertz CT molecular complexity index is 1010. The number of fused-ring (bicyclic) bond motifs is 1. The summed E-state index contributed by atoms with van der Waals surface area (Å²) in [7, 11) is 5.43. The lowest BCUT2D eigenvalue weighted by Gasteiger charge is -2.43. The Hall–Kier alpha value is -2.32. The van der Waals surface area contributed by atoms with Crippen molar-refractivity contribution in [3.05, 3.63) is 53.6 Å². The second-order valence-corrected chi connectivity index (χ2v) is 10.0. The van der Waals surface area contributed by atoms with Crippen LogP contribution in [0.2, 0.25) is 0 Å². The highest BCUT2D eigenvalue weighted by Gasteiger charge is 2.50. The summed E-state index contributed by atoms with van der Waals surface area (Å²) in [4.78, 5) is 15.6. The largest absolute Gasteiger partial charge is 0.493 e. The Morgan fingerprint density at radius 2 is 1.97 bits per heavy atom. The van der Waals surface area contributed by atoms with Gasteiger partial charge in [-0.1, -0.05) is 23.9 Å². The number of thioether (sulfide) groups is 1. The third-order valence-electron chi connectivity index (χ3n) is 6.99. The first kappa shape index (κ1) is 23.8. The first-order valence-electron chi connectivity index (χ1n) is 11.1. The average Bonchev–Trinajstić information content (AvgIpc) is 3.14. The number of nitrogens with one attached hydrogen (secondary N) is 1. The summed E-state index contributed by atoms with van der Waals surface area (Å²) in [6, 6.07) is 12.7. The first-order valence-corrected chi connectivity index (χ1v) is 12.0. The molecule has 0 radical (unpaired) electrons. The van der Waals surface area contributed by atoms with Crippen LogP contribution in [-0.2, 0) is 5.41 Å². The molecule has 33 heavy (non-hydrogen) atoms. The molecule has 4 rings (SSSR count). The van der Waals surface area contributed by atoms with Crippen LogP contribution in [-0.4, -0.2) is 57.0 Å². The molecule has 0 spiro atoms. The molecule has 1 heterocycles. The van der Waals surface area contributed by atoms with E-state index in [1.807, 2.05) is 6.07 Å². The minimum atomic E-state index is -2.51. The smallest absolute Gasteiger partial charge is 0.288 e. The number of methoxy groups -OCH3 is 2. The number of likely N-dealkylation sites (tertiary alicyclic amines) is 1. The lowest BCUT2D eigenvalue weighted by Crippen LogP contribution is -2.47. The molecule has 178 valence electrons. The highest BCUT2D eigenvalue weighted by molar-refractivity contribution is 7.99. The Balaban J connectivity index is 1.49. The number of carbonyl (C=O) groups excluding carboxylic acids is 1. The van der Waals surface area contributed by atoms with Gasteiger partial charge in [0.2, 0.25) is 0 Å². The topological polar surface area (TPSA) is 50.8 Å². The van der Waals surface area contributed by atoms with Crippen molar-refractivity contribution < 1.29 is 23.0 Å². The number of benzene rings is 2. The second-order valence-electron chi connectivity index (χ2n) is 8.97. The molecule has 2 aliphatic rings. The van der Waals surface area contributed by atoms with Crippen molar-refractivity contribution in [2.75, 3.05) is 34.4 Å². The minimum absolute atomic E-state index is 0.00332. The Kier molecular flexibility index (Phi) is 7.14. The molecule has 1 saturated carbocycles. The van der Waals surface area contributed by atoms with E-state index < -0.39 is 5.76 Å². The second kappa shape index (κ2) is 9.89. The fraction of sp³-hybridized carbons (Fsp3) is 0.480. The molecular formula is C25H30F2N2O3S. The molecule has 1 amide bonds. The summed E-state index contributed by atoms with van der Waals surface area (Å²) in [5, 5.41) is 3.15. The zero-order valence-electron chi connectivity index (χ0n) is 19.1. The van der Waals surface area contributed by atoms with E-state index in [2.05, 4.69) is 29.4 Å². The number of nitrogens with zero attached hydrogens (tertiary/aromatic N) is 1. The van der Waals surface area contributed by atoms with Crippen molar-refractivity contribution in [2.45, 2.75) is 41.4 Å². The van der Waals surface area contributed by atoms with Crippen LogP contribution in [0.3, 0.4) is 0 Å². The minimum Gasteiger partial charge on any atom is -0.493 e. The number of amides is 1. The van der Waals surface area contributed by atoms with Crippen molar-refractivity contribution in [2.24, 2.45) is 5.92 Å². The van der Waals surface area contributed by atoms with Gasteiger partial charge in [-0.3, -0.25) is 4.79 Å². The van der Waals surface area contributed by atoms with Crippen LogP contribution in [0.4, 0.5) is 8.78 Å². The number of ether oxygens (including phenoxy) is 2. The predicted octanol–water partition coefficient (Wildman–Crippen LogP) is 4.80. The van der Waals surface area contributed by atoms with E-state index >= 15 is 0 Å². The van der Waals surface area contributed by atoms with Gasteiger partial charge in [0.1, 0.15) is 0 Å². The van der Waals surface area contributed by atoms with Gasteiger partial charge in [-0.05, 0) is 68.1 Å². The SMILES string of the molecule is COc1ccc(C23CCC(NC(=O)c4cccc(SC(F)F)c4)CC2CN(C)C3)cc1OC. The summed E-state index contributed by atoms with van der Waals surface area (Å²) >= 11 is 0.453. The number of hydrogen-bond donors (Lipinski definition) is 1. The van der Waals surface area contributed by atoms with Crippen molar-refractivity contribution in [1.29, 1.82) is 0 Å². The van der Waals surface area contributed by atoms with Crippen molar-refractivity contribution in [3.8, 4) is 11.5 Å². The lowest BCUT2D eigenvalue weighted by molar-refractivity contribution is 0.0904. The monoisotopic (exact) mass is 476 g/mol. The molecule has 5 nitrogen and oxygen atoms in total. The summed E-state index contributed by atoms with van der Waals surface area (Å²) in [6.45, 7) is 1.92. The molecule has 0 aromatic heterocycles. The molecular weight excluding hydrogens is 446 g/mol. The van der Waals surface area contributed by atoms with Crippen LogP contribution in [0.1, 0.15) is 35.2 Å². The maximum absolute atomic E-state index is 12.9. The van der Waals surface area contributed by atoms with E-state index in [-0.39, 0.29) is 17.4 Å². The van der Waals surface area contributed by atoms with Crippen molar-refractivity contribution in [3.63, 3.8) is 0 Å². The van der Waals surface area contributed by atoms with Crippen LogP contribution in [0.15, 0.2) is 47.4 Å². The van der Waals surface area contributed by atoms with Crippen molar-refractivity contribution >= 4 is 17.7 Å². The maximum Gasteiger partial charge on any atom is 0.288 e. The van der Waals surface area contributed by atoms with Gasteiger partial charge >= 0.3 is 0 Å². The van der Waals surface area contributed by atoms with Crippen molar-refractivity contribution in [1.82, 2.24) is 10.2 Å². The van der Waals surface area contributed by atoms with Crippen LogP contribution in [0.25, 0.3) is 0 Å². The quantitative estimate of drug-likeness (QED) is 0.582. The van der Waals surface area contributed by atoms with E-state index in [1.165, 1.54) is 11.6 Å². The summed E-state index contributed by atoms with van der Waals surface area (Å²) in [5.41, 5.74) is 1.67. The molecule has 8 heteroatoms. The van der Waals surface area contributed by atoms with Gasteiger partial charge in [-0.15, -0.1) is 0 Å². The molecule has 1 N–H and O–H groups in total. The number of likely N-dealkylation sites (N-methyl/N-ethyl adjacent to an activating group) is 1. The number of halogens is 2. The highest BCUT2D eigenvalue weighted by atomic mass is 32.2. The standard InChI is InChI=1S/C25H30F2N2O3S/c1-29-14-18-12-19(28-23(30)16-5-4-6-20(11-16)33-24(26)27)9-10-25(18,15-29)17-7-8-21(31-2)22(13-17)32-3/h4-8,11,13,18-19,24H,9-10,12,14-15H2,1-3H3,(H,28,30). The molecule has 1 aliphatic carbocycles. The number of alkyl halides is 2. The van der Waals surface area contributed by atoms with E-state index in [0.29, 0.717) is 33.9 Å². The number of hydrogen-bond acceptors (Lipinski definition) is 5. The average molecular weight is 477 g/mol. The van der Waals surface area contributed by atoms with Gasteiger partial charge in [0.25, 0.3) is 11.7 Å². The highest BCUT2D eigenvalue weighted by Crippen LogP contribution is 2.49.